The summed E-state index contributed by atoms with van der Waals surface area (Å²) in [5.41, 5.74) is 0. The van der Waals surface area contributed by atoms with Gasteiger partial charge in [-0.15, -0.1) is 0 Å². The zero-order chi connectivity index (χ0) is 10.8. The van der Waals surface area contributed by atoms with Crippen LogP contribution >= 0.6 is 0 Å². The van der Waals surface area contributed by atoms with E-state index in [9.17, 15) is 8.42 Å². The largest absolute Gasteiger partial charge is 0.309 e. The van der Waals surface area contributed by atoms with E-state index in [2.05, 4.69) is 4.90 Å². The molecule has 0 aromatic carbocycles. The van der Waals surface area contributed by atoms with Crippen molar-refractivity contribution in [2.24, 2.45) is 0 Å². The summed E-state index contributed by atoms with van der Waals surface area (Å²) in [6.45, 7) is 2.80. The van der Waals surface area contributed by atoms with E-state index in [0.717, 1.165) is 13.0 Å². The lowest BCUT2D eigenvalue weighted by atomic mass is 10.4. The topological polar surface area (TPSA) is 43.9 Å². The predicted octanol–water partition coefficient (Wildman–Crippen LogP) is -0.570. The highest BCUT2D eigenvalue weighted by molar-refractivity contribution is 7.87. The molecule has 1 rings (SSSR count). The van der Waals surface area contributed by atoms with Crippen molar-refractivity contribution in [3.05, 3.63) is 0 Å². The van der Waals surface area contributed by atoms with E-state index in [4.69, 9.17) is 0 Å². The Balaban J connectivity index is 2.40. The lowest BCUT2D eigenvalue weighted by Gasteiger charge is -2.16. The van der Waals surface area contributed by atoms with Crippen LogP contribution in [-0.2, 0) is 10.2 Å². The maximum Gasteiger partial charge on any atom is 0.281 e. The molecule has 0 aromatic heterocycles. The Hall–Kier alpha value is -0.170. The van der Waals surface area contributed by atoms with Gasteiger partial charge in [-0.3, -0.25) is 0 Å². The van der Waals surface area contributed by atoms with Crippen molar-refractivity contribution < 1.29 is 8.42 Å². The summed E-state index contributed by atoms with van der Waals surface area (Å²) in [5.74, 6) is 0. The molecule has 0 saturated carbocycles. The third-order valence-corrected chi connectivity index (χ3v) is 4.39. The van der Waals surface area contributed by atoms with E-state index in [1.807, 2.05) is 14.1 Å². The molecule has 0 N–H and O–H groups in total. The van der Waals surface area contributed by atoms with E-state index >= 15 is 0 Å². The molecule has 1 aliphatic rings. The van der Waals surface area contributed by atoms with Gasteiger partial charge in [0, 0.05) is 26.7 Å². The highest BCUT2D eigenvalue weighted by Crippen LogP contribution is 2.13. The molecule has 0 radical (unpaired) electrons. The molecule has 14 heavy (non-hydrogen) atoms. The Labute approximate surface area is 86.5 Å². The molecule has 6 heteroatoms. The van der Waals surface area contributed by atoms with Gasteiger partial charge in [-0.25, -0.2) is 0 Å². The fourth-order valence-electron chi connectivity index (χ4n) is 1.47. The van der Waals surface area contributed by atoms with Crippen molar-refractivity contribution in [2.75, 3.05) is 47.3 Å². The molecule has 0 aromatic rings. The summed E-state index contributed by atoms with van der Waals surface area (Å²) < 4.78 is 26.2. The second-order valence-electron chi connectivity index (χ2n) is 3.89. The molecule has 0 atom stereocenters. The molecule has 1 fully saturated rings. The van der Waals surface area contributed by atoms with Crippen LogP contribution in [0.25, 0.3) is 0 Å². The first-order valence-corrected chi connectivity index (χ1v) is 6.20. The molecule has 0 spiro atoms. The van der Waals surface area contributed by atoms with Crippen LogP contribution in [-0.4, -0.2) is 69.3 Å². The lowest BCUT2D eigenvalue weighted by molar-refractivity contribution is 0.362. The van der Waals surface area contributed by atoms with Crippen LogP contribution in [0.1, 0.15) is 6.42 Å². The van der Waals surface area contributed by atoms with Crippen molar-refractivity contribution in [2.45, 2.75) is 6.42 Å². The van der Waals surface area contributed by atoms with Crippen molar-refractivity contribution in [1.29, 1.82) is 0 Å². The maximum atomic E-state index is 11.6. The molecular weight excluding hydrogens is 202 g/mol. The highest BCUT2D eigenvalue weighted by Gasteiger charge is 2.32. The van der Waals surface area contributed by atoms with Crippen LogP contribution in [0.5, 0.6) is 0 Å². The van der Waals surface area contributed by atoms with Gasteiger partial charge >= 0.3 is 0 Å². The van der Waals surface area contributed by atoms with Gasteiger partial charge in [0.25, 0.3) is 10.2 Å². The van der Waals surface area contributed by atoms with Crippen LogP contribution in [0.4, 0.5) is 0 Å². The van der Waals surface area contributed by atoms with Crippen LogP contribution in [0.2, 0.25) is 0 Å². The van der Waals surface area contributed by atoms with Gasteiger partial charge in [0.1, 0.15) is 0 Å². The van der Waals surface area contributed by atoms with Gasteiger partial charge in [-0.05, 0) is 27.1 Å². The number of likely N-dealkylation sites (N-methyl/N-ethyl adjacent to an activating group) is 1. The van der Waals surface area contributed by atoms with Crippen LogP contribution in [0.15, 0.2) is 0 Å². The molecule has 5 nitrogen and oxygen atoms in total. The van der Waals surface area contributed by atoms with E-state index in [-0.39, 0.29) is 0 Å². The van der Waals surface area contributed by atoms with Crippen molar-refractivity contribution >= 4 is 10.2 Å². The van der Waals surface area contributed by atoms with Gasteiger partial charge in [0.05, 0.1) is 0 Å². The lowest BCUT2D eigenvalue weighted by Crippen LogP contribution is -2.32. The van der Waals surface area contributed by atoms with Crippen LogP contribution in [0, 0.1) is 0 Å². The molecule has 0 aliphatic carbocycles. The molecule has 0 bridgehead atoms. The maximum absolute atomic E-state index is 11.6. The van der Waals surface area contributed by atoms with E-state index < -0.39 is 10.2 Å². The highest BCUT2D eigenvalue weighted by atomic mass is 32.2. The Morgan fingerprint density at radius 1 is 1.29 bits per heavy atom. The predicted molar refractivity (Wildman–Crippen MR) is 56.3 cm³/mol. The average molecular weight is 221 g/mol. The fraction of sp³-hybridized carbons (Fsp3) is 1.00. The molecule has 1 saturated heterocycles. The molecular formula is C8H19N3O2S. The van der Waals surface area contributed by atoms with Crippen LogP contribution < -0.4 is 0 Å². The first-order chi connectivity index (χ1) is 6.44. The Morgan fingerprint density at radius 2 is 1.93 bits per heavy atom. The second kappa shape index (κ2) is 4.57. The smallest absolute Gasteiger partial charge is 0.281 e. The first-order valence-electron chi connectivity index (χ1n) is 4.81. The second-order valence-corrected chi connectivity index (χ2v) is 5.92. The van der Waals surface area contributed by atoms with Crippen molar-refractivity contribution in [1.82, 2.24) is 13.5 Å². The van der Waals surface area contributed by atoms with Gasteiger partial charge in [0.2, 0.25) is 0 Å². The number of rotatable bonds is 4. The van der Waals surface area contributed by atoms with Gasteiger partial charge in [-0.2, -0.15) is 17.0 Å². The van der Waals surface area contributed by atoms with Crippen molar-refractivity contribution in [3.8, 4) is 0 Å². The van der Waals surface area contributed by atoms with Crippen LogP contribution in [0.3, 0.4) is 0 Å². The molecule has 1 aliphatic heterocycles. The number of hydrogen-bond acceptors (Lipinski definition) is 3. The average Bonchev–Trinajstić information content (AvgIpc) is 2.30. The summed E-state index contributed by atoms with van der Waals surface area (Å²) in [6.07, 6.45) is 0.889. The number of hydrogen-bond donors (Lipinski definition) is 0. The molecule has 0 unspecified atom stereocenters. The first kappa shape index (κ1) is 11.9. The Kier molecular flexibility index (Phi) is 3.88. The van der Waals surface area contributed by atoms with Crippen molar-refractivity contribution in [3.63, 3.8) is 0 Å². The fourth-order valence-corrected chi connectivity index (χ4v) is 2.85. The normalized spacial score (nSPS) is 23.4. The minimum absolute atomic E-state index is 0.615. The minimum Gasteiger partial charge on any atom is -0.309 e. The minimum atomic E-state index is -3.12. The summed E-state index contributed by atoms with van der Waals surface area (Å²) in [4.78, 5) is 2.06. The monoisotopic (exact) mass is 221 g/mol. The zero-order valence-corrected chi connectivity index (χ0v) is 9.92. The SMILES string of the molecule is CN(C)CCCN1CCN(C)S1(=O)=O. The third-order valence-electron chi connectivity index (χ3n) is 2.40. The molecule has 0 amide bonds. The van der Waals surface area contributed by atoms with E-state index in [0.29, 0.717) is 19.6 Å². The quantitative estimate of drug-likeness (QED) is 0.638. The summed E-state index contributed by atoms with van der Waals surface area (Å²) >= 11 is 0. The summed E-state index contributed by atoms with van der Waals surface area (Å²) in [6, 6.07) is 0. The van der Waals surface area contributed by atoms with Gasteiger partial charge in [-0.1, -0.05) is 0 Å². The molecule has 1 heterocycles. The summed E-state index contributed by atoms with van der Waals surface area (Å²) in [7, 11) is 2.49. The summed E-state index contributed by atoms with van der Waals surface area (Å²) in [5, 5.41) is 0. The van der Waals surface area contributed by atoms with E-state index in [1.54, 1.807) is 11.4 Å². The third kappa shape index (κ3) is 2.66. The van der Waals surface area contributed by atoms with E-state index in [1.165, 1.54) is 4.31 Å². The Bertz CT molecular complexity index is 276. The number of nitrogens with zero attached hydrogens (tertiary/aromatic N) is 3. The van der Waals surface area contributed by atoms with Gasteiger partial charge in [0.15, 0.2) is 0 Å². The standard InChI is InChI=1S/C8H19N3O2S/c1-9(2)5-4-6-11-8-7-10(3)14(11,12)13/h4-8H2,1-3H3. The Morgan fingerprint density at radius 3 is 2.36 bits per heavy atom. The molecule has 84 valence electrons. The van der Waals surface area contributed by atoms with Gasteiger partial charge < -0.3 is 4.90 Å². The zero-order valence-electron chi connectivity index (χ0n) is 9.10.